The van der Waals surface area contributed by atoms with Crippen molar-refractivity contribution in [2.45, 2.75) is 44.6 Å². The Bertz CT molecular complexity index is 1060. The molecule has 0 spiro atoms. The van der Waals surface area contributed by atoms with E-state index in [1.165, 1.54) is 0 Å². The highest BCUT2D eigenvalue weighted by Crippen LogP contribution is 2.33. The molecule has 3 aromatic rings. The van der Waals surface area contributed by atoms with E-state index in [-0.39, 0.29) is 24.3 Å². The average molecular weight is 391 g/mol. The van der Waals surface area contributed by atoms with Gasteiger partial charge in [0.25, 0.3) is 0 Å². The molecule has 29 heavy (non-hydrogen) atoms. The molecule has 0 saturated carbocycles. The van der Waals surface area contributed by atoms with Gasteiger partial charge in [-0.2, -0.15) is 0 Å². The first-order valence-electron chi connectivity index (χ1n) is 9.96. The van der Waals surface area contributed by atoms with Crippen molar-refractivity contribution in [2.24, 2.45) is 0 Å². The minimum absolute atomic E-state index is 0.0268. The number of carbonyl (C=O) groups excluding carboxylic acids is 1. The van der Waals surface area contributed by atoms with E-state index in [1.807, 2.05) is 61.5 Å². The van der Waals surface area contributed by atoms with Crippen LogP contribution in [0, 0.1) is 0 Å². The van der Waals surface area contributed by atoms with Crippen molar-refractivity contribution in [3.8, 4) is 0 Å². The largest absolute Gasteiger partial charge is 0.481 e. The number of nitrogens with zero attached hydrogens (tertiary/aromatic N) is 3. The van der Waals surface area contributed by atoms with Crippen LogP contribution in [-0.2, 0) is 28.9 Å². The number of amides is 1. The highest BCUT2D eigenvalue weighted by molar-refractivity contribution is 5.83. The molecule has 1 aliphatic rings. The van der Waals surface area contributed by atoms with Gasteiger partial charge in [-0.15, -0.1) is 0 Å². The Labute approximate surface area is 169 Å². The molecule has 1 aliphatic carbocycles. The van der Waals surface area contributed by atoms with E-state index >= 15 is 0 Å². The van der Waals surface area contributed by atoms with E-state index in [4.69, 9.17) is 0 Å². The maximum Gasteiger partial charge on any atom is 0.307 e. The van der Waals surface area contributed by atoms with E-state index in [2.05, 4.69) is 9.38 Å². The zero-order valence-corrected chi connectivity index (χ0v) is 16.7. The number of pyridine rings is 2. The van der Waals surface area contributed by atoms with Crippen LogP contribution in [-0.4, -0.2) is 44.4 Å². The number of aliphatic carboxylic acids is 1. The van der Waals surface area contributed by atoms with Crippen LogP contribution in [0.4, 0.5) is 0 Å². The number of hydrogen-bond acceptors (Lipinski definition) is 3. The summed E-state index contributed by atoms with van der Waals surface area (Å²) in [4.78, 5) is 30.6. The van der Waals surface area contributed by atoms with Gasteiger partial charge in [0, 0.05) is 43.1 Å². The summed E-state index contributed by atoms with van der Waals surface area (Å²) in [6.07, 6.45) is 6.05. The van der Waals surface area contributed by atoms with Crippen molar-refractivity contribution in [3.63, 3.8) is 0 Å². The smallest absolute Gasteiger partial charge is 0.307 e. The van der Waals surface area contributed by atoms with Gasteiger partial charge < -0.3 is 14.4 Å². The third-order valence-corrected chi connectivity index (χ3v) is 6.05. The summed E-state index contributed by atoms with van der Waals surface area (Å²) in [5, 5.41) is 9.36. The second-order valence-corrected chi connectivity index (χ2v) is 7.75. The van der Waals surface area contributed by atoms with Crippen LogP contribution < -0.4 is 0 Å². The third kappa shape index (κ3) is 3.50. The first-order chi connectivity index (χ1) is 14.0. The molecule has 0 bridgehead atoms. The molecule has 0 saturated heterocycles. The topological polar surface area (TPSA) is 74.9 Å². The predicted molar refractivity (Wildman–Crippen MR) is 110 cm³/mol. The fourth-order valence-corrected chi connectivity index (χ4v) is 4.47. The van der Waals surface area contributed by atoms with Gasteiger partial charge in [-0.05, 0) is 55.2 Å². The lowest BCUT2D eigenvalue weighted by molar-refractivity contribution is -0.136. The molecule has 3 aromatic heterocycles. The molecule has 1 N–H and O–H groups in total. The van der Waals surface area contributed by atoms with E-state index in [9.17, 15) is 14.7 Å². The van der Waals surface area contributed by atoms with E-state index in [0.29, 0.717) is 0 Å². The number of rotatable bonds is 5. The van der Waals surface area contributed by atoms with Crippen LogP contribution in [0.3, 0.4) is 0 Å². The van der Waals surface area contributed by atoms with Gasteiger partial charge in [0.05, 0.1) is 18.0 Å². The number of carbonyl (C=O) groups is 2. The second-order valence-electron chi connectivity index (χ2n) is 7.75. The summed E-state index contributed by atoms with van der Waals surface area (Å²) < 4.78 is 2.10. The molecule has 3 heterocycles. The fraction of sp³-hybridized carbons (Fsp3) is 0.348. The Morgan fingerprint density at radius 3 is 2.79 bits per heavy atom. The lowest BCUT2D eigenvalue weighted by atomic mass is 9.89. The minimum Gasteiger partial charge on any atom is -0.481 e. The summed E-state index contributed by atoms with van der Waals surface area (Å²) in [7, 11) is 1.87. The Hall–Kier alpha value is -3.15. The predicted octanol–water partition coefficient (Wildman–Crippen LogP) is 3.08. The minimum atomic E-state index is -0.817. The fourth-order valence-electron chi connectivity index (χ4n) is 4.47. The summed E-state index contributed by atoms with van der Waals surface area (Å²) in [6, 6.07) is 11.6. The Morgan fingerprint density at radius 2 is 2.07 bits per heavy atom. The van der Waals surface area contributed by atoms with Crippen molar-refractivity contribution in [3.05, 3.63) is 71.3 Å². The van der Waals surface area contributed by atoms with E-state index in [0.717, 1.165) is 47.3 Å². The number of carboxylic acid groups (broad SMARTS) is 1. The first kappa shape index (κ1) is 19.2. The maximum atomic E-state index is 13.1. The van der Waals surface area contributed by atoms with Gasteiger partial charge in [-0.3, -0.25) is 14.6 Å². The highest BCUT2D eigenvalue weighted by Gasteiger charge is 2.32. The van der Waals surface area contributed by atoms with Crippen molar-refractivity contribution in [1.29, 1.82) is 0 Å². The average Bonchev–Trinajstić information content (AvgIpc) is 3.05. The van der Waals surface area contributed by atoms with Crippen LogP contribution in [0.25, 0.3) is 5.52 Å². The molecule has 0 aromatic carbocycles. The number of aromatic nitrogens is 2. The molecule has 4 rings (SSSR count). The number of carboxylic acids is 1. The van der Waals surface area contributed by atoms with Gasteiger partial charge in [-0.1, -0.05) is 12.1 Å². The molecule has 150 valence electrons. The van der Waals surface area contributed by atoms with Crippen molar-refractivity contribution in [1.82, 2.24) is 14.3 Å². The summed E-state index contributed by atoms with van der Waals surface area (Å²) in [6.45, 7) is 1.90. The first-order valence-corrected chi connectivity index (χ1v) is 9.96. The molecule has 1 amide bonds. The number of likely N-dealkylation sites (N-methyl/N-ethyl adjacent to an activating group) is 1. The van der Waals surface area contributed by atoms with Gasteiger partial charge in [-0.25, -0.2) is 0 Å². The standard InChI is InChI=1S/C23H25N3O3/c1-15(19-7-3-5-11-24-19)23(29)25(2)16-9-10-17-18(14-22(27)28)20-8-4-6-12-26(20)21(17)13-16/h3-8,11-12,15-16H,9-10,13-14H2,1-2H3,(H,27,28)/t15?,16-/m1/s1. The normalized spacial score (nSPS) is 17.0. The Morgan fingerprint density at radius 1 is 1.28 bits per heavy atom. The van der Waals surface area contributed by atoms with Gasteiger partial charge in [0.2, 0.25) is 5.91 Å². The summed E-state index contributed by atoms with van der Waals surface area (Å²) in [5.74, 6) is -1.05. The molecule has 2 atom stereocenters. The molecule has 0 aliphatic heterocycles. The van der Waals surface area contributed by atoms with E-state index < -0.39 is 5.97 Å². The molecule has 6 nitrogen and oxygen atoms in total. The molecule has 6 heteroatoms. The zero-order chi connectivity index (χ0) is 20.5. The monoisotopic (exact) mass is 391 g/mol. The molecular weight excluding hydrogens is 366 g/mol. The SMILES string of the molecule is CC(C(=O)N(C)[C@@H]1CCc2c(CC(=O)O)c3ccccn3c2C1)c1ccccn1. The van der Waals surface area contributed by atoms with Crippen LogP contribution in [0.15, 0.2) is 48.8 Å². The third-order valence-electron chi connectivity index (χ3n) is 6.05. The molecule has 0 fully saturated rings. The lowest BCUT2D eigenvalue weighted by Crippen LogP contribution is -2.42. The number of hydrogen-bond donors (Lipinski definition) is 1. The van der Waals surface area contributed by atoms with Crippen LogP contribution in [0.5, 0.6) is 0 Å². The summed E-state index contributed by atoms with van der Waals surface area (Å²) in [5.41, 5.74) is 4.89. The lowest BCUT2D eigenvalue weighted by Gasteiger charge is -2.33. The Balaban J connectivity index is 1.61. The Kier molecular flexibility index (Phi) is 5.09. The van der Waals surface area contributed by atoms with Crippen LogP contribution in [0.1, 0.15) is 41.8 Å². The summed E-state index contributed by atoms with van der Waals surface area (Å²) >= 11 is 0. The highest BCUT2D eigenvalue weighted by atomic mass is 16.4. The molecular formula is C23H25N3O3. The van der Waals surface area contributed by atoms with E-state index in [1.54, 1.807) is 6.20 Å². The molecule has 1 unspecified atom stereocenters. The van der Waals surface area contributed by atoms with Crippen molar-refractivity contribution < 1.29 is 14.7 Å². The number of fused-ring (bicyclic) bond motifs is 3. The van der Waals surface area contributed by atoms with Crippen molar-refractivity contribution in [2.75, 3.05) is 7.05 Å². The zero-order valence-electron chi connectivity index (χ0n) is 16.7. The molecule has 0 radical (unpaired) electrons. The van der Waals surface area contributed by atoms with Gasteiger partial charge in [0.1, 0.15) is 0 Å². The van der Waals surface area contributed by atoms with Gasteiger partial charge >= 0.3 is 5.97 Å². The van der Waals surface area contributed by atoms with Crippen molar-refractivity contribution >= 4 is 17.4 Å². The second kappa shape index (κ2) is 7.70. The quantitative estimate of drug-likeness (QED) is 0.725. The van der Waals surface area contributed by atoms with Crippen LogP contribution >= 0.6 is 0 Å². The maximum absolute atomic E-state index is 13.1. The van der Waals surface area contributed by atoms with Crippen LogP contribution in [0.2, 0.25) is 0 Å². The van der Waals surface area contributed by atoms with Gasteiger partial charge in [0.15, 0.2) is 0 Å².